The van der Waals surface area contributed by atoms with Crippen molar-refractivity contribution in [3.05, 3.63) is 0 Å². The molecule has 2 rings (SSSR count). The van der Waals surface area contributed by atoms with Gasteiger partial charge in [0.15, 0.2) is 0 Å². The highest BCUT2D eigenvalue weighted by molar-refractivity contribution is 5.80. The average Bonchev–Trinajstić information content (AvgIpc) is 1.95. The highest BCUT2D eigenvalue weighted by Gasteiger charge is 2.58. The first-order chi connectivity index (χ1) is 4.56. The molecule has 3 nitrogen and oxygen atoms in total. The monoisotopic (exact) mass is 140 g/mol. The highest BCUT2D eigenvalue weighted by atomic mass is 16.2. The van der Waals surface area contributed by atoms with Gasteiger partial charge >= 0.3 is 6.03 Å². The van der Waals surface area contributed by atoms with Crippen LogP contribution in [0.3, 0.4) is 0 Å². The normalized spacial score (nSPS) is 50.8. The van der Waals surface area contributed by atoms with Crippen molar-refractivity contribution < 1.29 is 4.79 Å². The fraction of sp³-hybridized carbons (Fsp3) is 0.857. The van der Waals surface area contributed by atoms with Gasteiger partial charge in [-0.05, 0) is 26.7 Å². The summed E-state index contributed by atoms with van der Waals surface area (Å²) in [6.07, 6.45) is 2.20. The Morgan fingerprint density at radius 1 is 1.20 bits per heavy atom. The van der Waals surface area contributed by atoms with E-state index in [1.165, 1.54) is 0 Å². The zero-order valence-electron chi connectivity index (χ0n) is 6.32. The van der Waals surface area contributed by atoms with Gasteiger partial charge in [-0.3, -0.25) is 0 Å². The molecule has 2 unspecified atom stereocenters. The van der Waals surface area contributed by atoms with E-state index in [2.05, 4.69) is 24.5 Å². The number of amides is 2. The molecule has 0 aromatic carbocycles. The van der Waals surface area contributed by atoms with Crippen LogP contribution in [0.4, 0.5) is 4.79 Å². The molecular weight excluding hydrogens is 128 g/mol. The minimum Gasteiger partial charge on any atom is -0.331 e. The molecule has 0 spiro atoms. The van der Waals surface area contributed by atoms with Gasteiger partial charge in [0.1, 0.15) is 0 Å². The van der Waals surface area contributed by atoms with Gasteiger partial charge < -0.3 is 10.6 Å². The van der Waals surface area contributed by atoms with Crippen LogP contribution in [0, 0.1) is 0 Å². The van der Waals surface area contributed by atoms with E-state index in [9.17, 15) is 4.79 Å². The number of hydrogen-bond acceptors (Lipinski definition) is 1. The minimum atomic E-state index is -0.0116. The summed E-state index contributed by atoms with van der Waals surface area (Å²) in [5.41, 5.74) is 0.0637. The lowest BCUT2D eigenvalue weighted by Crippen LogP contribution is -2.64. The van der Waals surface area contributed by atoms with Crippen molar-refractivity contribution in [2.45, 2.75) is 37.8 Å². The summed E-state index contributed by atoms with van der Waals surface area (Å²) >= 11 is 0. The largest absolute Gasteiger partial charge is 0.331 e. The van der Waals surface area contributed by atoms with Crippen molar-refractivity contribution in [3.63, 3.8) is 0 Å². The van der Waals surface area contributed by atoms with Crippen LogP contribution in [0.5, 0.6) is 0 Å². The van der Waals surface area contributed by atoms with Crippen LogP contribution in [0.2, 0.25) is 0 Å². The predicted octanol–water partition coefficient (Wildman–Crippen LogP) is 0.610. The third kappa shape index (κ3) is 0.448. The maximum Gasteiger partial charge on any atom is 0.315 e. The van der Waals surface area contributed by atoms with Crippen LogP contribution in [0.15, 0.2) is 0 Å². The third-order valence-corrected chi connectivity index (χ3v) is 3.12. The Kier molecular flexibility index (Phi) is 0.787. The standard InChI is InChI=1S/C7H12N2O/c1-6-3-4-7(6,2)9-5(10)8-6/h3-4H2,1-2H3,(H2,8,9,10). The summed E-state index contributed by atoms with van der Waals surface area (Å²) in [7, 11) is 0. The lowest BCUT2D eigenvalue weighted by Gasteiger charge is -2.49. The fourth-order valence-corrected chi connectivity index (χ4v) is 1.81. The highest BCUT2D eigenvalue weighted by Crippen LogP contribution is 2.44. The summed E-state index contributed by atoms with van der Waals surface area (Å²) in [4.78, 5) is 10.9. The molecule has 2 amide bonds. The molecule has 10 heavy (non-hydrogen) atoms. The Bertz CT molecular complexity index is 184. The number of urea groups is 1. The van der Waals surface area contributed by atoms with E-state index in [1.54, 1.807) is 0 Å². The quantitative estimate of drug-likeness (QED) is 0.508. The lowest BCUT2D eigenvalue weighted by atomic mass is 9.64. The fourth-order valence-electron chi connectivity index (χ4n) is 1.81. The Hall–Kier alpha value is -0.730. The molecule has 2 fully saturated rings. The zero-order valence-corrected chi connectivity index (χ0v) is 6.32. The molecule has 0 radical (unpaired) electrons. The van der Waals surface area contributed by atoms with Gasteiger partial charge in [0.25, 0.3) is 0 Å². The Balaban J connectivity index is 2.31. The number of nitrogens with one attached hydrogen (secondary N) is 2. The average molecular weight is 140 g/mol. The number of fused-ring (bicyclic) bond motifs is 1. The smallest absolute Gasteiger partial charge is 0.315 e. The van der Waals surface area contributed by atoms with Gasteiger partial charge in [0.2, 0.25) is 0 Å². The molecule has 56 valence electrons. The van der Waals surface area contributed by atoms with Crippen molar-refractivity contribution in [1.29, 1.82) is 0 Å². The van der Waals surface area contributed by atoms with Crippen LogP contribution in [0.1, 0.15) is 26.7 Å². The van der Waals surface area contributed by atoms with E-state index in [0.717, 1.165) is 12.8 Å². The van der Waals surface area contributed by atoms with E-state index < -0.39 is 0 Å². The van der Waals surface area contributed by atoms with Gasteiger partial charge in [-0.1, -0.05) is 0 Å². The molecule has 1 saturated heterocycles. The van der Waals surface area contributed by atoms with Crippen LogP contribution in [0.25, 0.3) is 0 Å². The van der Waals surface area contributed by atoms with Crippen molar-refractivity contribution in [1.82, 2.24) is 10.6 Å². The topological polar surface area (TPSA) is 41.1 Å². The van der Waals surface area contributed by atoms with Crippen LogP contribution < -0.4 is 10.6 Å². The maximum atomic E-state index is 10.9. The molecule has 0 aromatic heterocycles. The second-order valence-electron chi connectivity index (χ2n) is 3.74. The van der Waals surface area contributed by atoms with Crippen LogP contribution in [-0.2, 0) is 0 Å². The van der Waals surface area contributed by atoms with Gasteiger partial charge in [-0.25, -0.2) is 4.79 Å². The Morgan fingerprint density at radius 3 is 1.80 bits per heavy atom. The van der Waals surface area contributed by atoms with E-state index >= 15 is 0 Å². The summed E-state index contributed by atoms with van der Waals surface area (Å²) in [6.45, 7) is 4.18. The molecule has 0 aromatic rings. The van der Waals surface area contributed by atoms with E-state index in [-0.39, 0.29) is 17.1 Å². The number of rotatable bonds is 0. The van der Waals surface area contributed by atoms with Crippen molar-refractivity contribution in [2.24, 2.45) is 0 Å². The van der Waals surface area contributed by atoms with Crippen LogP contribution in [-0.4, -0.2) is 17.1 Å². The molecular formula is C7H12N2O. The number of hydrogen-bond donors (Lipinski definition) is 2. The summed E-state index contributed by atoms with van der Waals surface area (Å²) in [5.74, 6) is 0. The molecule has 2 N–H and O–H groups in total. The summed E-state index contributed by atoms with van der Waals surface area (Å²) in [6, 6.07) is -0.0116. The third-order valence-electron chi connectivity index (χ3n) is 3.12. The minimum absolute atomic E-state index is 0.0116. The number of carbonyl (C=O) groups excluding carboxylic acids is 1. The van der Waals surface area contributed by atoms with Gasteiger partial charge in [-0.15, -0.1) is 0 Å². The SMILES string of the molecule is CC12CCC1(C)NC(=O)N2. The molecule has 1 aliphatic heterocycles. The first kappa shape index (κ1) is 6.01. The zero-order chi connectivity index (χ0) is 7.41. The Morgan fingerprint density at radius 2 is 1.60 bits per heavy atom. The molecule has 3 heteroatoms. The van der Waals surface area contributed by atoms with Gasteiger partial charge in [0.05, 0.1) is 11.1 Å². The molecule has 2 aliphatic rings. The van der Waals surface area contributed by atoms with Crippen LogP contribution >= 0.6 is 0 Å². The molecule has 1 aliphatic carbocycles. The molecule has 1 heterocycles. The maximum absolute atomic E-state index is 10.9. The molecule has 0 bridgehead atoms. The second kappa shape index (κ2) is 1.31. The van der Waals surface area contributed by atoms with Crippen molar-refractivity contribution in [3.8, 4) is 0 Å². The van der Waals surface area contributed by atoms with E-state index in [4.69, 9.17) is 0 Å². The predicted molar refractivity (Wildman–Crippen MR) is 37.7 cm³/mol. The van der Waals surface area contributed by atoms with Crippen molar-refractivity contribution >= 4 is 6.03 Å². The van der Waals surface area contributed by atoms with Gasteiger partial charge in [0, 0.05) is 0 Å². The summed E-state index contributed by atoms with van der Waals surface area (Å²) in [5, 5.41) is 5.84. The first-order valence-corrected chi connectivity index (χ1v) is 3.66. The second-order valence-corrected chi connectivity index (χ2v) is 3.74. The lowest BCUT2D eigenvalue weighted by molar-refractivity contribution is 0.112. The number of carbonyl (C=O) groups is 1. The molecule has 2 atom stereocenters. The molecule has 1 saturated carbocycles. The van der Waals surface area contributed by atoms with E-state index in [0.29, 0.717) is 0 Å². The van der Waals surface area contributed by atoms with Crippen molar-refractivity contribution in [2.75, 3.05) is 0 Å². The first-order valence-electron chi connectivity index (χ1n) is 3.66. The van der Waals surface area contributed by atoms with E-state index in [1.807, 2.05) is 0 Å². The van der Waals surface area contributed by atoms with Gasteiger partial charge in [-0.2, -0.15) is 0 Å². The summed E-state index contributed by atoms with van der Waals surface area (Å²) < 4.78 is 0. The Labute approximate surface area is 60.2 Å².